The van der Waals surface area contributed by atoms with Gasteiger partial charge in [0.05, 0.1) is 40.1 Å². The molecule has 8 nitrogen and oxygen atoms in total. The number of carbonyl (C=O) groups is 1. The minimum Gasteiger partial charge on any atom is -0.322 e. The molecule has 3 aromatic heterocycles. The number of carbonyl (C=O) groups excluding carboxylic acids is 1. The van der Waals surface area contributed by atoms with E-state index in [2.05, 4.69) is 35.5 Å². The number of nitrogens with zero attached hydrogens (tertiary/aromatic N) is 5. The summed E-state index contributed by atoms with van der Waals surface area (Å²) in [7, 11) is 2.00. The average Bonchev–Trinajstić information content (AvgIpc) is 2.95. The van der Waals surface area contributed by atoms with Gasteiger partial charge in [-0.2, -0.15) is 13.2 Å². The van der Waals surface area contributed by atoms with Gasteiger partial charge in [0, 0.05) is 24.2 Å². The monoisotopic (exact) mass is 547 g/mol. The number of amides is 1. The Morgan fingerprint density at radius 2 is 1.82 bits per heavy atom. The van der Waals surface area contributed by atoms with Crippen LogP contribution >= 0.6 is 0 Å². The van der Waals surface area contributed by atoms with E-state index in [4.69, 9.17) is 0 Å². The molecule has 0 saturated carbocycles. The van der Waals surface area contributed by atoms with Crippen LogP contribution in [-0.4, -0.2) is 50.9 Å². The second-order valence-electron chi connectivity index (χ2n) is 9.82. The summed E-state index contributed by atoms with van der Waals surface area (Å²) in [5.74, 6) is -0.546. The van der Waals surface area contributed by atoms with Gasteiger partial charge in [-0.05, 0) is 87.8 Å². The Balaban J connectivity index is 1.36. The molecule has 1 fully saturated rings. The number of nitrogens with one attached hydrogen (secondary N) is 2. The van der Waals surface area contributed by atoms with Crippen LogP contribution in [0.2, 0.25) is 0 Å². The zero-order chi connectivity index (χ0) is 28.3. The molecule has 4 aromatic rings. The summed E-state index contributed by atoms with van der Waals surface area (Å²) in [4.78, 5) is 32.4. The molecule has 11 heteroatoms. The van der Waals surface area contributed by atoms with Crippen LogP contribution in [0.3, 0.4) is 0 Å². The molecular formula is C29H28F3N7O. The number of aromatic nitrogens is 4. The molecule has 2 N–H and O–H groups in total. The number of pyridine rings is 2. The van der Waals surface area contributed by atoms with Crippen molar-refractivity contribution in [2.24, 2.45) is 0 Å². The fraction of sp³-hybridized carbons (Fsp3) is 0.276. The van der Waals surface area contributed by atoms with Gasteiger partial charge in [-0.15, -0.1) is 0 Å². The molecule has 0 spiro atoms. The van der Waals surface area contributed by atoms with Gasteiger partial charge in [0.25, 0.3) is 5.91 Å². The van der Waals surface area contributed by atoms with Crippen LogP contribution in [-0.2, 0) is 6.18 Å². The highest BCUT2D eigenvalue weighted by Crippen LogP contribution is 2.37. The zero-order valence-corrected chi connectivity index (χ0v) is 22.0. The van der Waals surface area contributed by atoms with Crippen molar-refractivity contribution in [3.05, 3.63) is 89.6 Å². The number of anilines is 3. The van der Waals surface area contributed by atoms with Crippen LogP contribution in [0.15, 0.2) is 67.3 Å². The number of benzene rings is 1. The summed E-state index contributed by atoms with van der Waals surface area (Å²) in [5.41, 5.74) is 2.01. The fourth-order valence-corrected chi connectivity index (χ4v) is 4.73. The van der Waals surface area contributed by atoms with Gasteiger partial charge >= 0.3 is 6.18 Å². The molecule has 0 atom stereocenters. The Labute approximate surface area is 229 Å². The fourth-order valence-electron chi connectivity index (χ4n) is 4.73. The van der Waals surface area contributed by atoms with Crippen LogP contribution in [0, 0.1) is 6.92 Å². The Bertz CT molecular complexity index is 1500. The number of piperidine rings is 1. The maximum atomic E-state index is 14.0. The Morgan fingerprint density at radius 1 is 1.02 bits per heavy atom. The largest absolute Gasteiger partial charge is 0.417 e. The third-order valence-electron chi connectivity index (χ3n) is 6.99. The predicted octanol–water partition coefficient (Wildman–Crippen LogP) is 6.07. The quantitative estimate of drug-likeness (QED) is 0.303. The Kier molecular flexibility index (Phi) is 7.74. The first-order chi connectivity index (χ1) is 19.2. The lowest BCUT2D eigenvalue weighted by Crippen LogP contribution is -2.29. The number of aryl methyl sites for hydroxylation is 1. The lowest BCUT2D eigenvalue weighted by molar-refractivity contribution is -0.138. The highest BCUT2D eigenvalue weighted by Gasteiger charge is 2.36. The van der Waals surface area contributed by atoms with E-state index in [-0.39, 0.29) is 11.6 Å². The molecule has 1 aliphatic heterocycles. The van der Waals surface area contributed by atoms with E-state index in [1.165, 1.54) is 12.3 Å². The lowest BCUT2D eigenvalue weighted by Gasteiger charge is -2.29. The topological polar surface area (TPSA) is 95.9 Å². The third kappa shape index (κ3) is 6.26. The molecule has 1 amide bonds. The molecule has 5 rings (SSSR count). The van der Waals surface area contributed by atoms with E-state index < -0.39 is 23.2 Å². The van der Waals surface area contributed by atoms with Crippen LogP contribution in [0.25, 0.3) is 11.3 Å². The summed E-state index contributed by atoms with van der Waals surface area (Å²) >= 11 is 0. The Morgan fingerprint density at radius 3 is 2.55 bits per heavy atom. The van der Waals surface area contributed by atoms with E-state index in [0.29, 0.717) is 28.6 Å². The Hall–Kier alpha value is -4.38. The molecule has 4 heterocycles. The van der Waals surface area contributed by atoms with Gasteiger partial charge < -0.3 is 15.5 Å². The molecule has 0 aliphatic carbocycles. The van der Waals surface area contributed by atoms with Crippen molar-refractivity contribution < 1.29 is 18.0 Å². The smallest absolute Gasteiger partial charge is 0.322 e. The van der Waals surface area contributed by atoms with E-state index in [9.17, 15) is 18.0 Å². The van der Waals surface area contributed by atoms with E-state index in [1.807, 2.05) is 13.1 Å². The number of hydrogen-bond donors (Lipinski definition) is 2. The maximum absolute atomic E-state index is 14.0. The van der Waals surface area contributed by atoms with Crippen LogP contribution in [0.5, 0.6) is 0 Å². The molecule has 0 unspecified atom stereocenters. The van der Waals surface area contributed by atoms with Crippen molar-refractivity contribution in [2.45, 2.75) is 31.9 Å². The molecular weight excluding hydrogens is 519 g/mol. The van der Waals surface area contributed by atoms with E-state index in [1.54, 1.807) is 49.8 Å². The number of hydrogen-bond acceptors (Lipinski definition) is 7. The first-order valence-corrected chi connectivity index (χ1v) is 12.9. The molecule has 0 bridgehead atoms. The summed E-state index contributed by atoms with van der Waals surface area (Å²) in [5, 5.41) is 5.65. The van der Waals surface area contributed by atoms with Crippen LogP contribution < -0.4 is 10.6 Å². The minimum absolute atomic E-state index is 0.0308. The second-order valence-corrected chi connectivity index (χ2v) is 9.82. The van der Waals surface area contributed by atoms with Crippen molar-refractivity contribution in [1.29, 1.82) is 0 Å². The van der Waals surface area contributed by atoms with Gasteiger partial charge in [0.1, 0.15) is 0 Å². The summed E-state index contributed by atoms with van der Waals surface area (Å²) in [6.07, 6.45) is 3.22. The molecule has 1 aliphatic rings. The molecule has 1 saturated heterocycles. The standard InChI is InChI=1S/C29H28F3N7O/c1-18-26(38-28-34-11-7-25(37-28)21-4-3-10-33-16-21)15-22(17-35-18)36-27(40)23-6-5-20(14-24(23)29(30,31)32)19-8-12-39(2)13-9-19/h3-7,10-11,14-17,19H,8-9,12-13H2,1-2H3,(H,36,40)(H,34,37,38). The minimum atomic E-state index is -4.68. The van der Waals surface area contributed by atoms with Gasteiger partial charge in [-0.3, -0.25) is 14.8 Å². The van der Waals surface area contributed by atoms with Crippen molar-refractivity contribution >= 4 is 23.2 Å². The summed E-state index contributed by atoms with van der Waals surface area (Å²) in [6, 6.07) is 11.0. The van der Waals surface area contributed by atoms with Crippen molar-refractivity contribution in [3.8, 4) is 11.3 Å². The van der Waals surface area contributed by atoms with Gasteiger partial charge in [0.2, 0.25) is 5.95 Å². The molecule has 1 aromatic carbocycles. The molecule has 40 heavy (non-hydrogen) atoms. The van der Waals surface area contributed by atoms with Gasteiger partial charge in [-0.25, -0.2) is 9.97 Å². The average molecular weight is 548 g/mol. The third-order valence-corrected chi connectivity index (χ3v) is 6.99. The predicted molar refractivity (Wildman–Crippen MR) is 146 cm³/mol. The highest BCUT2D eigenvalue weighted by atomic mass is 19.4. The SMILES string of the molecule is Cc1ncc(NC(=O)c2ccc(C3CCN(C)CC3)cc2C(F)(F)F)cc1Nc1nccc(-c2cccnc2)n1. The summed E-state index contributed by atoms with van der Waals surface area (Å²) in [6.45, 7) is 3.40. The van der Waals surface area contributed by atoms with Crippen molar-refractivity contribution in [3.63, 3.8) is 0 Å². The van der Waals surface area contributed by atoms with E-state index >= 15 is 0 Å². The van der Waals surface area contributed by atoms with E-state index in [0.717, 1.165) is 37.6 Å². The maximum Gasteiger partial charge on any atom is 0.417 e. The number of likely N-dealkylation sites (tertiary alicyclic amines) is 1. The van der Waals surface area contributed by atoms with Crippen LogP contribution in [0.1, 0.15) is 45.9 Å². The lowest BCUT2D eigenvalue weighted by atomic mass is 9.87. The zero-order valence-electron chi connectivity index (χ0n) is 22.0. The van der Waals surface area contributed by atoms with Gasteiger partial charge in [0.15, 0.2) is 0 Å². The second kappa shape index (κ2) is 11.4. The molecule has 0 radical (unpaired) electrons. The number of alkyl halides is 3. The number of rotatable bonds is 6. The molecule has 206 valence electrons. The normalized spacial score (nSPS) is 14.6. The number of halogens is 3. The van der Waals surface area contributed by atoms with Gasteiger partial charge in [-0.1, -0.05) is 6.07 Å². The van der Waals surface area contributed by atoms with Crippen molar-refractivity contribution in [1.82, 2.24) is 24.8 Å². The van der Waals surface area contributed by atoms with Crippen molar-refractivity contribution in [2.75, 3.05) is 30.8 Å². The first-order valence-electron chi connectivity index (χ1n) is 12.9. The summed E-state index contributed by atoms with van der Waals surface area (Å²) < 4.78 is 42.1. The van der Waals surface area contributed by atoms with Crippen LogP contribution in [0.4, 0.5) is 30.5 Å². The highest BCUT2D eigenvalue weighted by molar-refractivity contribution is 6.05. The first kappa shape index (κ1) is 27.2.